The molecule has 2 rings (SSSR count). The number of nitrogens with one attached hydrogen (secondary N) is 1. The molecule has 0 saturated carbocycles. The molecule has 0 aliphatic heterocycles. The van der Waals surface area contributed by atoms with Gasteiger partial charge in [-0.25, -0.2) is 0 Å². The number of carboxylic acid groups (broad SMARTS) is 1. The van der Waals surface area contributed by atoms with Gasteiger partial charge in [-0.05, 0) is 100 Å². The highest BCUT2D eigenvalue weighted by Crippen LogP contribution is 2.34. The number of hydrogen-bond donors (Lipinski definition) is 3. The topological polar surface area (TPSA) is 93.8 Å². The number of ether oxygens (including phenoxy) is 2. The van der Waals surface area contributed by atoms with Gasteiger partial charge < -0.3 is 25.6 Å². The maximum atomic E-state index is 11.0. The second-order valence-electron chi connectivity index (χ2n) is 7.71. The monoisotopic (exact) mass is 414 g/mol. The van der Waals surface area contributed by atoms with Crippen LogP contribution in [0.15, 0.2) is 24.3 Å². The van der Waals surface area contributed by atoms with Gasteiger partial charge in [0.25, 0.3) is 0 Å². The predicted octanol–water partition coefficient (Wildman–Crippen LogP) is 4.05. The van der Waals surface area contributed by atoms with Crippen molar-refractivity contribution in [2.45, 2.75) is 47.0 Å². The molecular weight excluding hydrogens is 380 g/mol. The SMILES string of the molecule is Cc1cc(Oc2c(C)cc(CC(=O)O)cc2C)cc(C)c1OCCCNCCCN. The Morgan fingerprint density at radius 1 is 0.933 bits per heavy atom. The first kappa shape index (κ1) is 23.7. The lowest BCUT2D eigenvalue weighted by Crippen LogP contribution is -2.20. The maximum absolute atomic E-state index is 11.0. The summed E-state index contributed by atoms with van der Waals surface area (Å²) in [5.41, 5.74) is 10.2. The third kappa shape index (κ3) is 7.04. The van der Waals surface area contributed by atoms with Crippen LogP contribution in [0, 0.1) is 27.7 Å². The van der Waals surface area contributed by atoms with Crippen molar-refractivity contribution in [1.82, 2.24) is 5.32 Å². The predicted molar refractivity (Wildman–Crippen MR) is 120 cm³/mol. The molecule has 0 saturated heterocycles. The Hall–Kier alpha value is -2.57. The third-order valence-electron chi connectivity index (χ3n) is 4.83. The van der Waals surface area contributed by atoms with E-state index in [1.54, 1.807) is 0 Å². The molecule has 0 spiro atoms. The van der Waals surface area contributed by atoms with Gasteiger partial charge in [-0.3, -0.25) is 4.79 Å². The van der Waals surface area contributed by atoms with Crippen molar-refractivity contribution in [1.29, 1.82) is 0 Å². The summed E-state index contributed by atoms with van der Waals surface area (Å²) in [6.07, 6.45) is 1.93. The van der Waals surface area contributed by atoms with Crippen LogP contribution in [0.2, 0.25) is 0 Å². The van der Waals surface area contributed by atoms with Crippen LogP contribution in [0.25, 0.3) is 0 Å². The second kappa shape index (κ2) is 11.6. The summed E-state index contributed by atoms with van der Waals surface area (Å²) in [5, 5.41) is 12.4. The molecule has 0 aromatic heterocycles. The molecule has 6 heteroatoms. The highest BCUT2D eigenvalue weighted by molar-refractivity contribution is 5.70. The van der Waals surface area contributed by atoms with Gasteiger partial charge in [0.2, 0.25) is 0 Å². The van der Waals surface area contributed by atoms with Crippen LogP contribution < -0.4 is 20.5 Å². The summed E-state index contributed by atoms with van der Waals surface area (Å²) < 4.78 is 12.2. The van der Waals surface area contributed by atoms with E-state index in [2.05, 4.69) is 5.32 Å². The summed E-state index contributed by atoms with van der Waals surface area (Å²) >= 11 is 0. The van der Waals surface area contributed by atoms with Crippen LogP contribution in [0.1, 0.15) is 40.7 Å². The van der Waals surface area contributed by atoms with Gasteiger partial charge in [0.1, 0.15) is 17.2 Å². The summed E-state index contributed by atoms with van der Waals surface area (Å²) in [6.45, 7) is 11.1. The summed E-state index contributed by atoms with van der Waals surface area (Å²) in [6, 6.07) is 7.70. The minimum absolute atomic E-state index is 0.00868. The minimum atomic E-state index is -0.837. The molecule has 0 aliphatic carbocycles. The molecule has 0 unspecified atom stereocenters. The van der Waals surface area contributed by atoms with E-state index in [0.29, 0.717) is 13.2 Å². The van der Waals surface area contributed by atoms with Crippen LogP contribution >= 0.6 is 0 Å². The lowest BCUT2D eigenvalue weighted by Gasteiger charge is -2.17. The van der Waals surface area contributed by atoms with E-state index in [4.69, 9.17) is 20.3 Å². The van der Waals surface area contributed by atoms with Crippen LogP contribution in [0.3, 0.4) is 0 Å². The van der Waals surface area contributed by atoms with Crippen molar-refractivity contribution in [2.75, 3.05) is 26.2 Å². The van der Waals surface area contributed by atoms with Crippen molar-refractivity contribution < 1.29 is 19.4 Å². The number of benzene rings is 2. The Labute approximate surface area is 179 Å². The van der Waals surface area contributed by atoms with Crippen molar-refractivity contribution in [2.24, 2.45) is 5.73 Å². The van der Waals surface area contributed by atoms with Gasteiger partial charge in [0, 0.05) is 0 Å². The highest BCUT2D eigenvalue weighted by Gasteiger charge is 2.12. The Balaban J connectivity index is 2.02. The van der Waals surface area contributed by atoms with Gasteiger partial charge in [-0.2, -0.15) is 0 Å². The minimum Gasteiger partial charge on any atom is -0.493 e. The number of aryl methyl sites for hydroxylation is 4. The molecule has 164 valence electrons. The van der Waals surface area contributed by atoms with Gasteiger partial charge >= 0.3 is 5.97 Å². The molecule has 0 fully saturated rings. The summed E-state index contributed by atoms with van der Waals surface area (Å²) in [5.74, 6) is 1.57. The summed E-state index contributed by atoms with van der Waals surface area (Å²) in [4.78, 5) is 11.0. The van der Waals surface area contributed by atoms with Crippen LogP contribution in [-0.2, 0) is 11.2 Å². The number of hydrogen-bond acceptors (Lipinski definition) is 5. The third-order valence-corrected chi connectivity index (χ3v) is 4.83. The molecule has 0 heterocycles. The number of rotatable bonds is 12. The molecular formula is C24H34N2O4. The first-order chi connectivity index (χ1) is 14.3. The van der Waals surface area contributed by atoms with E-state index in [9.17, 15) is 4.79 Å². The van der Waals surface area contributed by atoms with E-state index in [-0.39, 0.29) is 6.42 Å². The van der Waals surface area contributed by atoms with Crippen molar-refractivity contribution in [3.8, 4) is 17.2 Å². The molecule has 0 bridgehead atoms. The van der Waals surface area contributed by atoms with Gasteiger partial charge in [-0.1, -0.05) is 12.1 Å². The molecule has 2 aromatic rings. The molecule has 0 amide bonds. The largest absolute Gasteiger partial charge is 0.493 e. The standard InChI is InChI=1S/C24H34N2O4/c1-16-11-20(15-22(27)28)12-17(2)24(16)30-21-13-18(3)23(19(4)14-21)29-10-6-9-26-8-5-7-25/h11-14,26H,5-10,15,25H2,1-4H3,(H,27,28). The normalized spacial score (nSPS) is 10.8. The van der Waals surface area contributed by atoms with E-state index in [1.807, 2.05) is 52.0 Å². The molecule has 30 heavy (non-hydrogen) atoms. The van der Waals surface area contributed by atoms with Crippen molar-refractivity contribution in [3.63, 3.8) is 0 Å². The Morgan fingerprint density at radius 2 is 1.50 bits per heavy atom. The Kier molecular flexibility index (Phi) is 9.15. The molecule has 0 atom stereocenters. The Bertz CT molecular complexity index is 818. The molecule has 6 nitrogen and oxygen atoms in total. The average Bonchev–Trinajstić information content (AvgIpc) is 2.65. The lowest BCUT2D eigenvalue weighted by molar-refractivity contribution is -0.136. The van der Waals surface area contributed by atoms with Crippen molar-refractivity contribution in [3.05, 3.63) is 52.1 Å². The van der Waals surface area contributed by atoms with E-state index < -0.39 is 5.97 Å². The van der Waals surface area contributed by atoms with Gasteiger partial charge in [0.15, 0.2) is 0 Å². The quantitative estimate of drug-likeness (QED) is 0.454. The fourth-order valence-corrected chi connectivity index (χ4v) is 3.52. The molecule has 2 aromatic carbocycles. The number of carbonyl (C=O) groups is 1. The van der Waals surface area contributed by atoms with Gasteiger partial charge in [-0.15, -0.1) is 0 Å². The molecule has 0 radical (unpaired) electrons. The zero-order valence-corrected chi connectivity index (χ0v) is 18.5. The highest BCUT2D eigenvalue weighted by atomic mass is 16.5. The number of carboxylic acids is 1. The van der Waals surface area contributed by atoms with E-state index >= 15 is 0 Å². The van der Waals surface area contributed by atoms with Crippen LogP contribution in [0.4, 0.5) is 0 Å². The molecule has 0 aliphatic rings. The van der Waals surface area contributed by atoms with E-state index in [0.717, 1.165) is 71.0 Å². The Morgan fingerprint density at radius 3 is 2.07 bits per heavy atom. The maximum Gasteiger partial charge on any atom is 0.307 e. The van der Waals surface area contributed by atoms with Crippen molar-refractivity contribution >= 4 is 5.97 Å². The number of nitrogens with two attached hydrogens (primary N) is 1. The average molecular weight is 415 g/mol. The lowest BCUT2D eigenvalue weighted by atomic mass is 10.0. The first-order valence-corrected chi connectivity index (χ1v) is 10.5. The second-order valence-corrected chi connectivity index (χ2v) is 7.71. The number of aliphatic carboxylic acids is 1. The van der Waals surface area contributed by atoms with Crippen LogP contribution in [-0.4, -0.2) is 37.3 Å². The smallest absolute Gasteiger partial charge is 0.307 e. The molecule has 4 N–H and O–H groups in total. The summed E-state index contributed by atoms with van der Waals surface area (Å²) in [7, 11) is 0. The van der Waals surface area contributed by atoms with Crippen LogP contribution in [0.5, 0.6) is 17.2 Å². The zero-order chi connectivity index (χ0) is 22.1. The fourth-order valence-electron chi connectivity index (χ4n) is 3.52. The van der Waals surface area contributed by atoms with Gasteiger partial charge in [0.05, 0.1) is 13.0 Å². The first-order valence-electron chi connectivity index (χ1n) is 10.5. The fraction of sp³-hybridized carbons (Fsp3) is 0.458. The van der Waals surface area contributed by atoms with E-state index in [1.165, 1.54) is 0 Å². The zero-order valence-electron chi connectivity index (χ0n) is 18.5.